The highest BCUT2D eigenvalue weighted by atomic mass is 16.5. The molecule has 1 amide bonds. The number of methoxy groups -OCH3 is 1. The molecule has 0 bridgehead atoms. The number of fused-ring (bicyclic) bond motifs is 1. The number of benzene rings is 2. The highest BCUT2D eigenvalue weighted by molar-refractivity contribution is 5.80. The molecule has 1 aliphatic rings. The number of para-hydroxylation sites is 2. The summed E-state index contributed by atoms with van der Waals surface area (Å²) in [6, 6.07) is 15.6. The van der Waals surface area contributed by atoms with E-state index in [-0.39, 0.29) is 11.9 Å². The maximum Gasteiger partial charge on any atom is 0.227 e. The van der Waals surface area contributed by atoms with Gasteiger partial charge in [-0.15, -0.1) is 0 Å². The molecule has 2 aromatic carbocycles. The summed E-state index contributed by atoms with van der Waals surface area (Å²) in [6.07, 6.45) is 0.316. The predicted octanol–water partition coefficient (Wildman–Crippen LogP) is 2.59. The van der Waals surface area contributed by atoms with Crippen molar-refractivity contribution in [2.75, 3.05) is 34.4 Å². The van der Waals surface area contributed by atoms with E-state index in [4.69, 9.17) is 9.47 Å². The van der Waals surface area contributed by atoms with Crippen LogP contribution in [0.1, 0.15) is 11.1 Å². The lowest BCUT2D eigenvalue weighted by molar-refractivity contribution is -0.134. The molecule has 0 radical (unpaired) electrons. The molecule has 0 saturated carbocycles. The van der Waals surface area contributed by atoms with E-state index in [0.717, 1.165) is 29.2 Å². The van der Waals surface area contributed by atoms with Crippen molar-refractivity contribution in [2.45, 2.75) is 19.0 Å². The van der Waals surface area contributed by atoms with Gasteiger partial charge in [-0.05, 0) is 26.2 Å². The summed E-state index contributed by atoms with van der Waals surface area (Å²) in [5.41, 5.74) is 1.95. The first-order valence-electron chi connectivity index (χ1n) is 8.85. The van der Waals surface area contributed by atoms with Crippen LogP contribution in [0.3, 0.4) is 0 Å². The number of nitrogens with zero attached hydrogens (tertiary/aromatic N) is 2. The fourth-order valence-corrected chi connectivity index (χ4v) is 3.34. The van der Waals surface area contributed by atoms with E-state index in [2.05, 4.69) is 4.90 Å². The lowest BCUT2D eigenvalue weighted by atomic mass is 10.1. The van der Waals surface area contributed by atoms with E-state index in [9.17, 15) is 4.79 Å². The van der Waals surface area contributed by atoms with Crippen LogP contribution in [0.5, 0.6) is 11.5 Å². The lowest BCUT2D eigenvalue weighted by Crippen LogP contribution is -2.47. The molecular weight excluding hydrogens is 328 g/mol. The van der Waals surface area contributed by atoms with Gasteiger partial charge in [0.15, 0.2) is 0 Å². The van der Waals surface area contributed by atoms with Gasteiger partial charge in [-0.3, -0.25) is 4.79 Å². The molecule has 2 aromatic rings. The average Bonchev–Trinajstić information content (AvgIpc) is 2.81. The molecule has 3 rings (SSSR count). The molecule has 5 heteroatoms. The minimum atomic E-state index is -0.000364. The number of likely N-dealkylation sites (N-methyl/N-ethyl adjacent to an activating group) is 1. The van der Waals surface area contributed by atoms with E-state index < -0.39 is 0 Å². The Kier molecular flexibility index (Phi) is 5.78. The number of rotatable bonds is 5. The summed E-state index contributed by atoms with van der Waals surface area (Å²) >= 11 is 0. The van der Waals surface area contributed by atoms with Crippen LogP contribution in [0.25, 0.3) is 0 Å². The van der Waals surface area contributed by atoms with Gasteiger partial charge in [0.05, 0.1) is 19.6 Å². The first-order valence-corrected chi connectivity index (χ1v) is 8.85. The Labute approximate surface area is 155 Å². The number of carbonyl (C=O) groups excluding carboxylic acids is 1. The minimum Gasteiger partial charge on any atom is -0.496 e. The van der Waals surface area contributed by atoms with Crippen LogP contribution < -0.4 is 9.47 Å². The van der Waals surface area contributed by atoms with Gasteiger partial charge in [-0.25, -0.2) is 0 Å². The molecular formula is C21H26N2O3. The van der Waals surface area contributed by atoms with Crippen LogP contribution in [0, 0.1) is 0 Å². The molecule has 1 aliphatic heterocycles. The molecule has 0 N–H and O–H groups in total. The smallest absolute Gasteiger partial charge is 0.227 e. The fourth-order valence-electron chi connectivity index (χ4n) is 3.34. The summed E-state index contributed by atoms with van der Waals surface area (Å²) in [7, 11) is 5.66. The molecule has 0 saturated heterocycles. The van der Waals surface area contributed by atoms with Crippen LogP contribution in [-0.4, -0.2) is 56.1 Å². The molecule has 0 aromatic heterocycles. The second kappa shape index (κ2) is 8.23. The van der Waals surface area contributed by atoms with Crippen molar-refractivity contribution in [3.8, 4) is 11.5 Å². The highest BCUT2D eigenvalue weighted by Gasteiger charge is 2.29. The molecule has 0 unspecified atom stereocenters. The first-order chi connectivity index (χ1) is 12.6. The normalized spacial score (nSPS) is 16.6. The summed E-state index contributed by atoms with van der Waals surface area (Å²) in [5, 5.41) is 0. The maximum atomic E-state index is 13.2. The van der Waals surface area contributed by atoms with Crippen LogP contribution in [0.4, 0.5) is 0 Å². The number of carbonyl (C=O) groups is 1. The van der Waals surface area contributed by atoms with Crippen LogP contribution in [0.15, 0.2) is 48.5 Å². The maximum absolute atomic E-state index is 13.2. The van der Waals surface area contributed by atoms with Gasteiger partial charge in [0, 0.05) is 24.2 Å². The number of ether oxygens (including phenoxy) is 2. The van der Waals surface area contributed by atoms with Gasteiger partial charge in [0.1, 0.15) is 18.1 Å². The Bertz CT molecular complexity index is 760. The third-order valence-corrected chi connectivity index (χ3v) is 4.62. The summed E-state index contributed by atoms with van der Waals surface area (Å²) in [6.45, 7) is 1.81. The number of hydrogen-bond acceptors (Lipinski definition) is 4. The Morgan fingerprint density at radius 3 is 2.69 bits per heavy atom. The standard InChI is InChI=1S/C21H26N2O3/c1-22(2)14-18-15-26-20-11-7-5-9-17(20)13-23(18)21(24)12-16-8-4-6-10-19(16)25-3/h4-11,18H,12-15H2,1-3H3/t18-/m1/s1. The van der Waals surface area contributed by atoms with Crippen molar-refractivity contribution in [2.24, 2.45) is 0 Å². The molecule has 138 valence electrons. The SMILES string of the molecule is COc1ccccc1CC(=O)N1Cc2ccccc2OC[C@H]1CN(C)C. The van der Waals surface area contributed by atoms with Crippen molar-refractivity contribution in [3.63, 3.8) is 0 Å². The minimum absolute atomic E-state index is 0.000364. The summed E-state index contributed by atoms with van der Waals surface area (Å²) in [4.78, 5) is 17.2. The Balaban J connectivity index is 1.85. The number of hydrogen-bond donors (Lipinski definition) is 0. The van der Waals surface area contributed by atoms with E-state index >= 15 is 0 Å². The van der Waals surface area contributed by atoms with Gasteiger partial charge in [-0.2, -0.15) is 0 Å². The van der Waals surface area contributed by atoms with E-state index in [1.54, 1.807) is 7.11 Å². The molecule has 26 heavy (non-hydrogen) atoms. The van der Waals surface area contributed by atoms with Crippen LogP contribution >= 0.6 is 0 Å². The highest BCUT2D eigenvalue weighted by Crippen LogP contribution is 2.26. The molecule has 0 spiro atoms. The number of amides is 1. The van der Waals surface area contributed by atoms with Crippen LogP contribution in [-0.2, 0) is 17.8 Å². The second-order valence-electron chi connectivity index (χ2n) is 6.85. The van der Waals surface area contributed by atoms with Crippen LogP contribution in [0.2, 0.25) is 0 Å². The third-order valence-electron chi connectivity index (χ3n) is 4.62. The topological polar surface area (TPSA) is 42.0 Å². The zero-order chi connectivity index (χ0) is 18.5. The van der Waals surface area contributed by atoms with Crippen molar-refractivity contribution in [1.82, 2.24) is 9.80 Å². The zero-order valence-electron chi connectivity index (χ0n) is 15.6. The Morgan fingerprint density at radius 2 is 1.92 bits per heavy atom. The summed E-state index contributed by atoms with van der Waals surface area (Å²) < 4.78 is 11.4. The zero-order valence-corrected chi connectivity index (χ0v) is 15.6. The fraction of sp³-hybridized carbons (Fsp3) is 0.381. The van der Waals surface area contributed by atoms with E-state index in [1.807, 2.05) is 67.5 Å². The monoisotopic (exact) mass is 354 g/mol. The van der Waals surface area contributed by atoms with Crippen molar-refractivity contribution >= 4 is 5.91 Å². The van der Waals surface area contributed by atoms with Crippen molar-refractivity contribution in [3.05, 3.63) is 59.7 Å². The Morgan fingerprint density at radius 1 is 1.19 bits per heavy atom. The van der Waals surface area contributed by atoms with Gasteiger partial charge in [0.2, 0.25) is 5.91 Å². The second-order valence-corrected chi connectivity index (χ2v) is 6.85. The molecule has 0 fully saturated rings. The molecule has 1 atom stereocenters. The van der Waals surface area contributed by atoms with Gasteiger partial charge < -0.3 is 19.3 Å². The summed E-state index contributed by atoms with van der Waals surface area (Å²) in [5.74, 6) is 1.70. The quantitative estimate of drug-likeness (QED) is 0.828. The molecule has 1 heterocycles. The van der Waals surface area contributed by atoms with Gasteiger partial charge >= 0.3 is 0 Å². The Hall–Kier alpha value is -2.53. The predicted molar refractivity (Wildman–Crippen MR) is 102 cm³/mol. The molecule has 0 aliphatic carbocycles. The van der Waals surface area contributed by atoms with E-state index in [1.165, 1.54) is 0 Å². The van der Waals surface area contributed by atoms with Crippen molar-refractivity contribution in [1.29, 1.82) is 0 Å². The first kappa shape index (κ1) is 18.3. The van der Waals surface area contributed by atoms with Gasteiger partial charge in [-0.1, -0.05) is 36.4 Å². The third kappa shape index (κ3) is 4.17. The van der Waals surface area contributed by atoms with Gasteiger partial charge in [0.25, 0.3) is 0 Å². The lowest BCUT2D eigenvalue weighted by Gasteiger charge is -2.31. The van der Waals surface area contributed by atoms with Crippen molar-refractivity contribution < 1.29 is 14.3 Å². The largest absolute Gasteiger partial charge is 0.496 e. The molecule has 5 nitrogen and oxygen atoms in total. The average molecular weight is 354 g/mol. The van der Waals surface area contributed by atoms with E-state index in [0.29, 0.717) is 19.6 Å².